The molecular weight excluding hydrogens is 368 g/mol. The molecule has 0 unspecified atom stereocenters. The van der Waals surface area contributed by atoms with E-state index in [-0.39, 0.29) is 5.56 Å². The van der Waals surface area contributed by atoms with E-state index in [1.807, 2.05) is 37.3 Å². The van der Waals surface area contributed by atoms with E-state index < -0.39 is 0 Å². The molecule has 3 aromatic heterocycles. The summed E-state index contributed by atoms with van der Waals surface area (Å²) in [4.78, 5) is 28.5. The number of benzene rings is 1. The monoisotopic (exact) mass is 388 g/mol. The molecule has 0 aliphatic carbocycles. The van der Waals surface area contributed by atoms with Gasteiger partial charge in [-0.05, 0) is 12.5 Å². The summed E-state index contributed by atoms with van der Waals surface area (Å²) in [5.74, 6) is 0.664. The van der Waals surface area contributed by atoms with Crippen molar-refractivity contribution in [1.29, 1.82) is 0 Å². The van der Waals surface area contributed by atoms with Crippen LogP contribution in [0.1, 0.15) is 5.69 Å². The van der Waals surface area contributed by atoms with Gasteiger partial charge in [-0.1, -0.05) is 30.3 Å². The Morgan fingerprint density at radius 2 is 1.76 bits per heavy atom. The maximum atomic E-state index is 12.7. The Morgan fingerprint density at radius 3 is 2.48 bits per heavy atom. The number of nitrogens with one attached hydrogen (secondary N) is 1. The van der Waals surface area contributed by atoms with Crippen LogP contribution in [0.5, 0.6) is 0 Å². The van der Waals surface area contributed by atoms with Gasteiger partial charge in [-0.15, -0.1) is 0 Å². The van der Waals surface area contributed by atoms with Crippen molar-refractivity contribution in [2.24, 2.45) is 0 Å². The van der Waals surface area contributed by atoms with Crippen LogP contribution in [0.3, 0.4) is 0 Å². The Bertz CT molecular complexity index is 1210. The third-order valence-corrected chi connectivity index (χ3v) is 5.09. The maximum absolute atomic E-state index is 12.7. The van der Waals surface area contributed by atoms with Gasteiger partial charge < -0.3 is 9.64 Å². The molecule has 1 fully saturated rings. The van der Waals surface area contributed by atoms with Crippen LogP contribution in [0.15, 0.2) is 53.6 Å². The highest BCUT2D eigenvalue weighted by atomic mass is 16.5. The molecule has 0 bridgehead atoms. The van der Waals surface area contributed by atoms with Crippen LogP contribution in [0.25, 0.3) is 28.0 Å². The van der Waals surface area contributed by atoms with E-state index in [0.29, 0.717) is 36.1 Å². The highest BCUT2D eigenvalue weighted by Crippen LogP contribution is 2.27. The van der Waals surface area contributed by atoms with Crippen molar-refractivity contribution in [2.45, 2.75) is 6.92 Å². The van der Waals surface area contributed by atoms with E-state index in [0.717, 1.165) is 29.9 Å². The molecule has 8 heteroatoms. The van der Waals surface area contributed by atoms with Crippen LogP contribution in [0.4, 0.5) is 5.95 Å². The van der Waals surface area contributed by atoms with E-state index in [1.54, 1.807) is 12.4 Å². The number of hydrogen-bond acceptors (Lipinski definition) is 6. The Morgan fingerprint density at radius 1 is 1.03 bits per heavy atom. The molecule has 4 heterocycles. The van der Waals surface area contributed by atoms with E-state index in [9.17, 15) is 4.79 Å². The van der Waals surface area contributed by atoms with Gasteiger partial charge in [0.1, 0.15) is 0 Å². The minimum absolute atomic E-state index is 0.174. The highest BCUT2D eigenvalue weighted by molar-refractivity contribution is 5.80. The van der Waals surface area contributed by atoms with Crippen molar-refractivity contribution >= 4 is 11.6 Å². The summed E-state index contributed by atoms with van der Waals surface area (Å²) < 4.78 is 6.85. The van der Waals surface area contributed by atoms with E-state index in [1.165, 1.54) is 10.6 Å². The zero-order chi connectivity index (χ0) is 19.8. The van der Waals surface area contributed by atoms with Gasteiger partial charge in [0.25, 0.3) is 5.56 Å². The van der Waals surface area contributed by atoms with Crippen LogP contribution in [0, 0.1) is 6.92 Å². The second-order valence-electron chi connectivity index (χ2n) is 6.99. The predicted molar refractivity (Wildman–Crippen MR) is 110 cm³/mol. The SMILES string of the molecule is Cc1[nH]n2c(=O)cc(-c3cnc(N4CCOCC4)nc3)nc2c1-c1ccccc1. The van der Waals surface area contributed by atoms with Crippen LogP contribution in [-0.4, -0.2) is 50.9 Å². The molecule has 29 heavy (non-hydrogen) atoms. The lowest BCUT2D eigenvalue weighted by atomic mass is 10.1. The molecule has 1 aliphatic rings. The summed E-state index contributed by atoms with van der Waals surface area (Å²) >= 11 is 0. The number of hydrogen-bond donors (Lipinski definition) is 1. The standard InChI is InChI=1S/C21H20N6O2/c1-14-19(15-5-3-2-4-6-15)20-24-17(11-18(28)27(20)25-14)16-12-22-21(23-13-16)26-7-9-29-10-8-26/h2-6,11-13,25H,7-10H2,1H3. The first-order chi connectivity index (χ1) is 14.2. The second-order valence-corrected chi connectivity index (χ2v) is 6.99. The molecule has 146 valence electrons. The first-order valence-corrected chi connectivity index (χ1v) is 9.53. The Balaban J connectivity index is 1.58. The highest BCUT2D eigenvalue weighted by Gasteiger charge is 2.17. The zero-order valence-electron chi connectivity index (χ0n) is 16.0. The van der Waals surface area contributed by atoms with Gasteiger partial charge in [-0.3, -0.25) is 9.89 Å². The van der Waals surface area contributed by atoms with Crippen molar-refractivity contribution < 1.29 is 4.74 Å². The van der Waals surface area contributed by atoms with Gasteiger partial charge in [0.2, 0.25) is 5.95 Å². The molecule has 0 radical (unpaired) electrons. The molecule has 1 N–H and O–H groups in total. The minimum atomic E-state index is -0.174. The Hall–Kier alpha value is -3.52. The number of ether oxygens (including phenoxy) is 1. The Kier molecular flexibility index (Phi) is 4.33. The lowest BCUT2D eigenvalue weighted by Crippen LogP contribution is -2.37. The van der Waals surface area contributed by atoms with Crippen LogP contribution in [-0.2, 0) is 4.74 Å². The quantitative estimate of drug-likeness (QED) is 0.579. The van der Waals surface area contributed by atoms with Gasteiger partial charge in [0.05, 0.1) is 18.9 Å². The summed E-state index contributed by atoms with van der Waals surface area (Å²) in [7, 11) is 0. The molecule has 4 aromatic rings. The summed E-state index contributed by atoms with van der Waals surface area (Å²) in [5, 5.41) is 3.12. The van der Waals surface area contributed by atoms with Crippen LogP contribution < -0.4 is 10.5 Å². The number of fused-ring (bicyclic) bond motifs is 1. The number of H-pyrrole nitrogens is 1. The third kappa shape index (κ3) is 3.17. The van der Waals surface area contributed by atoms with E-state index >= 15 is 0 Å². The summed E-state index contributed by atoms with van der Waals surface area (Å²) in [6.45, 7) is 4.84. The minimum Gasteiger partial charge on any atom is -0.378 e. The normalized spacial score (nSPS) is 14.4. The fraction of sp³-hybridized carbons (Fsp3) is 0.238. The summed E-state index contributed by atoms with van der Waals surface area (Å²) in [6.07, 6.45) is 3.44. The van der Waals surface area contributed by atoms with Crippen LogP contribution >= 0.6 is 0 Å². The number of anilines is 1. The smallest absolute Gasteiger partial charge is 0.273 e. The van der Waals surface area contributed by atoms with Crippen molar-refractivity contribution in [2.75, 3.05) is 31.2 Å². The van der Waals surface area contributed by atoms with Crippen molar-refractivity contribution in [1.82, 2.24) is 24.6 Å². The molecular formula is C21H20N6O2. The molecule has 1 aromatic carbocycles. The fourth-order valence-electron chi connectivity index (χ4n) is 3.63. The number of nitrogens with zero attached hydrogens (tertiary/aromatic N) is 5. The maximum Gasteiger partial charge on any atom is 0.273 e. The summed E-state index contributed by atoms with van der Waals surface area (Å²) in [5.41, 5.74) is 4.49. The molecule has 0 amide bonds. The molecule has 8 nitrogen and oxygen atoms in total. The van der Waals surface area contributed by atoms with Gasteiger partial charge in [0.15, 0.2) is 5.65 Å². The first-order valence-electron chi connectivity index (χ1n) is 9.53. The molecule has 0 atom stereocenters. The van der Waals surface area contributed by atoms with E-state index in [4.69, 9.17) is 9.72 Å². The first kappa shape index (κ1) is 17.6. The second kappa shape index (κ2) is 7.14. The van der Waals surface area contributed by atoms with Crippen molar-refractivity contribution in [3.05, 3.63) is 64.8 Å². The van der Waals surface area contributed by atoms with Gasteiger partial charge in [0, 0.05) is 48.4 Å². The van der Waals surface area contributed by atoms with Gasteiger partial charge >= 0.3 is 0 Å². The molecule has 1 saturated heterocycles. The fourth-order valence-corrected chi connectivity index (χ4v) is 3.63. The van der Waals surface area contributed by atoms with E-state index in [2.05, 4.69) is 20.0 Å². The average molecular weight is 388 g/mol. The topological polar surface area (TPSA) is 88.4 Å². The van der Waals surface area contributed by atoms with Crippen molar-refractivity contribution in [3.63, 3.8) is 0 Å². The number of morpholine rings is 1. The molecule has 0 spiro atoms. The Labute approximate surface area is 166 Å². The van der Waals surface area contributed by atoms with Crippen molar-refractivity contribution in [3.8, 4) is 22.4 Å². The largest absolute Gasteiger partial charge is 0.378 e. The van der Waals surface area contributed by atoms with Gasteiger partial charge in [-0.2, -0.15) is 0 Å². The third-order valence-electron chi connectivity index (χ3n) is 5.09. The van der Waals surface area contributed by atoms with Gasteiger partial charge in [-0.25, -0.2) is 19.5 Å². The summed E-state index contributed by atoms with van der Waals surface area (Å²) in [6, 6.07) is 11.4. The number of aromatic nitrogens is 5. The molecule has 0 saturated carbocycles. The predicted octanol–water partition coefficient (Wildman–Crippen LogP) is 2.29. The average Bonchev–Trinajstić information content (AvgIpc) is 3.11. The number of rotatable bonds is 3. The molecule has 5 rings (SSSR count). The number of aromatic amines is 1. The van der Waals surface area contributed by atoms with Crippen LogP contribution in [0.2, 0.25) is 0 Å². The molecule has 1 aliphatic heterocycles. The zero-order valence-corrected chi connectivity index (χ0v) is 16.0. The number of aryl methyl sites for hydroxylation is 1. The lowest BCUT2D eigenvalue weighted by Gasteiger charge is -2.26. The lowest BCUT2D eigenvalue weighted by molar-refractivity contribution is 0.122.